The van der Waals surface area contributed by atoms with Gasteiger partial charge in [0, 0.05) is 10.0 Å². The van der Waals surface area contributed by atoms with Gasteiger partial charge in [-0.05, 0) is 35.9 Å². The lowest BCUT2D eigenvalue weighted by Crippen LogP contribution is -2.17. The lowest BCUT2D eigenvalue weighted by molar-refractivity contribution is -0.136. The summed E-state index contributed by atoms with van der Waals surface area (Å²) in [6.07, 6.45) is 0. The maximum absolute atomic E-state index is 12.2. The summed E-state index contributed by atoms with van der Waals surface area (Å²) in [4.78, 5) is 12.2. The molecule has 0 aromatic heterocycles. The van der Waals surface area contributed by atoms with E-state index in [2.05, 4.69) is 10.6 Å². The molecule has 0 amide bonds. The Morgan fingerprint density at radius 3 is 2.52 bits per heavy atom. The number of anilines is 2. The van der Waals surface area contributed by atoms with E-state index in [-0.39, 0.29) is 18.6 Å². The van der Waals surface area contributed by atoms with Crippen molar-refractivity contribution in [3.63, 3.8) is 0 Å². The first-order chi connectivity index (χ1) is 11.1. The molecule has 0 saturated carbocycles. The molecule has 2 aromatic rings. The van der Waals surface area contributed by atoms with E-state index in [4.69, 9.17) is 27.9 Å². The average molecular weight is 347 g/mol. The van der Waals surface area contributed by atoms with E-state index in [1.807, 2.05) is 24.3 Å². The van der Waals surface area contributed by atoms with Crippen LogP contribution in [-0.4, -0.2) is 12.6 Å². The molecule has 0 fully saturated rings. The molecule has 0 bridgehead atoms. The number of hydrogen-bond acceptors (Lipinski definition) is 4. The fraction of sp³-hybridized carbons (Fsp3) is 0.118. The number of halogens is 2. The molecule has 23 heavy (non-hydrogen) atoms. The highest BCUT2D eigenvalue weighted by atomic mass is 35.5. The number of fused-ring (bicyclic) bond motifs is 1. The zero-order valence-electron chi connectivity index (χ0n) is 11.9. The second kappa shape index (κ2) is 5.48. The minimum Gasteiger partial charge on any atom is -0.456 e. The van der Waals surface area contributed by atoms with Crippen molar-refractivity contribution in [1.82, 2.24) is 0 Å². The van der Waals surface area contributed by atoms with Crippen molar-refractivity contribution in [1.29, 1.82) is 0 Å². The van der Waals surface area contributed by atoms with Gasteiger partial charge in [0.25, 0.3) is 0 Å². The molecule has 0 spiro atoms. The maximum atomic E-state index is 12.2. The first-order valence-corrected chi connectivity index (χ1v) is 7.86. The van der Waals surface area contributed by atoms with Crippen LogP contribution in [0, 0.1) is 0 Å². The van der Waals surface area contributed by atoms with Gasteiger partial charge in [-0.15, -0.1) is 0 Å². The molecular formula is C17H12Cl2N2O2. The number of rotatable bonds is 1. The number of nitrogens with one attached hydrogen (secondary N) is 2. The number of hydrogen-bond donors (Lipinski definition) is 2. The van der Waals surface area contributed by atoms with E-state index in [0.717, 1.165) is 22.6 Å². The summed E-state index contributed by atoms with van der Waals surface area (Å²) in [6, 6.07) is 12.6. The third kappa shape index (κ3) is 2.54. The topological polar surface area (TPSA) is 50.4 Å². The third-order valence-electron chi connectivity index (χ3n) is 3.95. The van der Waals surface area contributed by atoms with Crippen molar-refractivity contribution in [3.8, 4) is 0 Å². The first-order valence-electron chi connectivity index (χ1n) is 7.10. The van der Waals surface area contributed by atoms with Gasteiger partial charge >= 0.3 is 5.97 Å². The highest BCUT2D eigenvalue weighted by Crippen LogP contribution is 2.40. The Hall–Kier alpha value is -2.17. The van der Waals surface area contributed by atoms with Gasteiger partial charge in [0.05, 0.1) is 28.7 Å². The number of carbonyl (C=O) groups excluding carboxylic acids is 1. The quantitative estimate of drug-likeness (QED) is 0.752. The van der Waals surface area contributed by atoms with Crippen LogP contribution in [0.25, 0.3) is 0 Å². The Labute approximate surface area is 143 Å². The Kier molecular flexibility index (Phi) is 3.43. The van der Waals surface area contributed by atoms with Crippen molar-refractivity contribution in [2.75, 3.05) is 17.2 Å². The fourth-order valence-corrected chi connectivity index (χ4v) is 3.15. The van der Waals surface area contributed by atoms with Gasteiger partial charge in [0.15, 0.2) is 0 Å². The van der Waals surface area contributed by atoms with E-state index < -0.39 is 0 Å². The van der Waals surface area contributed by atoms with Crippen LogP contribution in [0.3, 0.4) is 0 Å². The molecule has 2 aromatic carbocycles. The molecule has 0 aliphatic carbocycles. The molecule has 0 saturated heterocycles. The zero-order valence-corrected chi connectivity index (χ0v) is 13.4. The molecule has 2 N–H and O–H groups in total. The van der Waals surface area contributed by atoms with Gasteiger partial charge in [-0.3, -0.25) is 0 Å². The maximum Gasteiger partial charge on any atom is 0.338 e. The van der Waals surface area contributed by atoms with Crippen molar-refractivity contribution in [3.05, 3.63) is 69.3 Å². The molecule has 2 aliphatic rings. The Balaban J connectivity index is 1.85. The van der Waals surface area contributed by atoms with Crippen LogP contribution in [0.1, 0.15) is 11.6 Å². The minimum atomic E-state index is -0.329. The highest BCUT2D eigenvalue weighted by molar-refractivity contribution is 6.31. The van der Waals surface area contributed by atoms with Crippen LogP contribution < -0.4 is 10.6 Å². The molecule has 4 nitrogen and oxygen atoms in total. The Morgan fingerprint density at radius 2 is 1.74 bits per heavy atom. The summed E-state index contributed by atoms with van der Waals surface area (Å²) < 4.78 is 5.20. The second-order valence-corrected chi connectivity index (χ2v) is 6.29. The highest BCUT2D eigenvalue weighted by Gasteiger charge is 2.35. The van der Waals surface area contributed by atoms with Crippen molar-refractivity contribution in [2.45, 2.75) is 6.04 Å². The Morgan fingerprint density at radius 1 is 1.00 bits per heavy atom. The van der Waals surface area contributed by atoms with Crippen molar-refractivity contribution < 1.29 is 9.53 Å². The smallest absolute Gasteiger partial charge is 0.338 e. The number of cyclic esters (lactones) is 1. The summed E-state index contributed by atoms with van der Waals surface area (Å²) >= 11 is 12.1. The Bertz CT molecular complexity index is 831. The number of carbonyl (C=O) groups is 1. The van der Waals surface area contributed by atoms with Gasteiger partial charge < -0.3 is 15.4 Å². The SMILES string of the molecule is O=C1OCC2=C1C(c1ccc(Cl)cc1)Nc1cc(Cl)ccc1N2. The summed E-state index contributed by atoms with van der Waals surface area (Å²) in [7, 11) is 0. The van der Waals surface area contributed by atoms with Crippen molar-refractivity contribution in [2.24, 2.45) is 0 Å². The normalized spacial score (nSPS) is 19.2. The third-order valence-corrected chi connectivity index (χ3v) is 4.44. The predicted octanol–water partition coefficient (Wildman–Crippen LogP) is 4.38. The summed E-state index contributed by atoms with van der Waals surface area (Å²) in [5, 5.41) is 7.93. The molecule has 0 radical (unpaired) electrons. The lowest BCUT2D eigenvalue weighted by Gasteiger charge is -2.20. The van der Waals surface area contributed by atoms with E-state index in [1.54, 1.807) is 18.2 Å². The number of esters is 1. The van der Waals surface area contributed by atoms with Crippen molar-refractivity contribution >= 4 is 40.5 Å². The molecule has 116 valence electrons. The molecular weight excluding hydrogens is 335 g/mol. The van der Waals surface area contributed by atoms with Gasteiger partial charge in [-0.1, -0.05) is 35.3 Å². The van der Waals surface area contributed by atoms with E-state index in [0.29, 0.717) is 15.6 Å². The zero-order chi connectivity index (χ0) is 16.0. The van der Waals surface area contributed by atoms with Crippen LogP contribution in [0.5, 0.6) is 0 Å². The second-order valence-electron chi connectivity index (χ2n) is 5.41. The largest absolute Gasteiger partial charge is 0.456 e. The van der Waals surface area contributed by atoms with Crippen LogP contribution >= 0.6 is 23.2 Å². The molecule has 1 unspecified atom stereocenters. The van der Waals surface area contributed by atoms with Crippen LogP contribution in [0.15, 0.2) is 53.7 Å². The standard InChI is InChI=1S/C17H12Cl2N2O2/c18-10-3-1-9(2-4-10)16-15-14(8-23-17(15)22)20-12-6-5-11(19)7-13(12)21-16/h1-7,16,20-21H,8H2. The van der Waals surface area contributed by atoms with Crippen LogP contribution in [0.2, 0.25) is 10.0 Å². The van der Waals surface area contributed by atoms with Gasteiger partial charge in [0.1, 0.15) is 6.61 Å². The molecule has 2 aliphatic heterocycles. The molecule has 6 heteroatoms. The summed E-state index contributed by atoms with van der Waals surface area (Å²) in [5.74, 6) is -0.321. The van der Waals surface area contributed by atoms with Crippen LogP contribution in [0.4, 0.5) is 11.4 Å². The lowest BCUT2D eigenvalue weighted by atomic mass is 9.98. The van der Waals surface area contributed by atoms with Gasteiger partial charge in [-0.2, -0.15) is 0 Å². The number of ether oxygens (including phenoxy) is 1. The summed E-state index contributed by atoms with van der Waals surface area (Å²) in [6.45, 7) is 0.238. The van der Waals surface area contributed by atoms with E-state index >= 15 is 0 Å². The predicted molar refractivity (Wildman–Crippen MR) is 90.9 cm³/mol. The minimum absolute atomic E-state index is 0.238. The van der Waals surface area contributed by atoms with Gasteiger partial charge in [0.2, 0.25) is 0 Å². The van der Waals surface area contributed by atoms with E-state index in [9.17, 15) is 4.79 Å². The molecule has 1 atom stereocenters. The molecule has 2 heterocycles. The monoisotopic (exact) mass is 346 g/mol. The average Bonchev–Trinajstić information content (AvgIpc) is 2.80. The number of benzene rings is 2. The fourth-order valence-electron chi connectivity index (χ4n) is 2.85. The van der Waals surface area contributed by atoms with Crippen LogP contribution in [-0.2, 0) is 9.53 Å². The molecule has 4 rings (SSSR count). The first kappa shape index (κ1) is 14.4. The van der Waals surface area contributed by atoms with Gasteiger partial charge in [-0.25, -0.2) is 4.79 Å². The summed E-state index contributed by atoms with van der Waals surface area (Å²) in [5.41, 5.74) is 3.97. The van der Waals surface area contributed by atoms with E-state index in [1.165, 1.54) is 0 Å².